The van der Waals surface area contributed by atoms with Crippen molar-refractivity contribution in [3.63, 3.8) is 0 Å². The molecule has 0 saturated heterocycles. The molecular formula is C20H28N2. The molecule has 0 bridgehead atoms. The molecule has 0 amide bonds. The van der Waals surface area contributed by atoms with Crippen LogP contribution in [0.2, 0.25) is 0 Å². The molecule has 2 heteroatoms. The van der Waals surface area contributed by atoms with Gasteiger partial charge in [-0.2, -0.15) is 0 Å². The van der Waals surface area contributed by atoms with Crippen molar-refractivity contribution in [3.05, 3.63) is 71.8 Å². The molecule has 2 aromatic carbocycles. The predicted octanol–water partition coefficient (Wildman–Crippen LogP) is 4.08. The first-order valence-corrected chi connectivity index (χ1v) is 8.31. The summed E-state index contributed by atoms with van der Waals surface area (Å²) in [6.45, 7) is 8.61. The third kappa shape index (κ3) is 6.00. The van der Waals surface area contributed by atoms with Gasteiger partial charge in [0.2, 0.25) is 0 Å². The Labute approximate surface area is 135 Å². The molecule has 118 valence electrons. The lowest BCUT2D eigenvalue weighted by molar-refractivity contribution is 0.243. The molecule has 0 saturated carbocycles. The molecule has 0 aliphatic carbocycles. The smallest absolute Gasteiger partial charge is 0.0237 e. The van der Waals surface area contributed by atoms with Crippen LogP contribution >= 0.6 is 0 Å². The number of hydrogen-bond donors (Lipinski definition) is 1. The van der Waals surface area contributed by atoms with Gasteiger partial charge in [-0.25, -0.2) is 0 Å². The Balaban J connectivity index is 1.97. The van der Waals surface area contributed by atoms with E-state index in [0.29, 0.717) is 6.04 Å². The minimum atomic E-state index is 0.569. The molecular weight excluding hydrogens is 268 g/mol. The Morgan fingerprint density at radius 1 is 0.864 bits per heavy atom. The maximum atomic E-state index is 3.50. The number of hydrogen-bond acceptors (Lipinski definition) is 2. The maximum absolute atomic E-state index is 3.50. The van der Waals surface area contributed by atoms with Crippen LogP contribution in [0.1, 0.15) is 31.4 Å². The van der Waals surface area contributed by atoms with E-state index < -0.39 is 0 Å². The SMILES string of the molecule is CCNC(C)CCN(Cc1ccccc1)Cc1ccccc1. The molecule has 2 rings (SSSR count). The van der Waals surface area contributed by atoms with Crippen molar-refractivity contribution in [2.24, 2.45) is 0 Å². The second-order valence-electron chi connectivity index (χ2n) is 5.93. The Morgan fingerprint density at radius 2 is 1.36 bits per heavy atom. The van der Waals surface area contributed by atoms with Crippen molar-refractivity contribution in [1.29, 1.82) is 0 Å². The van der Waals surface area contributed by atoms with Gasteiger partial charge in [0.1, 0.15) is 0 Å². The molecule has 2 nitrogen and oxygen atoms in total. The molecule has 0 aliphatic rings. The van der Waals surface area contributed by atoms with E-state index in [9.17, 15) is 0 Å². The lowest BCUT2D eigenvalue weighted by Gasteiger charge is -2.24. The number of rotatable bonds is 9. The first-order chi connectivity index (χ1) is 10.8. The van der Waals surface area contributed by atoms with Gasteiger partial charge in [0, 0.05) is 25.7 Å². The molecule has 2 aromatic rings. The molecule has 1 unspecified atom stereocenters. The zero-order valence-corrected chi connectivity index (χ0v) is 13.8. The quantitative estimate of drug-likeness (QED) is 0.750. The average Bonchev–Trinajstić information content (AvgIpc) is 2.55. The van der Waals surface area contributed by atoms with Crippen LogP contribution in [0.15, 0.2) is 60.7 Å². The molecule has 0 aliphatic heterocycles. The van der Waals surface area contributed by atoms with Crippen LogP contribution in [0.4, 0.5) is 0 Å². The summed E-state index contributed by atoms with van der Waals surface area (Å²) in [5.74, 6) is 0. The topological polar surface area (TPSA) is 15.3 Å². The van der Waals surface area contributed by atoms with E-state index in [0.717, 1.165) is 26.2 Å². The standard InChI is InChI=1S/C20H28N2/c1-3-21-18(2)14-15-22(16-19-10-6-4-7-11-19)17-20-12-8-5-9-13-20/h4-13,18,21H,3,14-17H2,1-2H3. The van der Waals surface area contributed by atoms with Crippen LogP contribution in [-0.4, -0.2) is 24.0 Å². The second kappa shape index (κ2) is 9.39. The lowest BCUT2D eigenvalue weighted by atomic mass is 10.1. The van der Waals surface area contributed by atoms with Gasteiger partial charge in [-0.15, -0.1) is 0 Å². The summed E-state index contributed by atoms with van der Waals surface area (Å²) in [4.78, 5) is 2.54. The highest BCUT2D eigenvalue weighted by Gasteiger charge is 2.09. The van der Waals surface area contributed by atoms with Gasteiger partial charge in [-0.1, -0.05) is 67.6 Å². The number of nitrogens with zero attached hydrogens (tertiary/aromatic N) is 1. The highest BCUT2D eigenvalue weighted by molar-refractivity contribution is 5.17. The Hall–Kier alpha value is -1.64. The summed E-state index contributed by atoms with van der Waals surface area (Å²) in [6, 6.07) is 22.1. The third-order valence-corrected chi connectivity index (χ3v) is 3.93. The summed E-state index contributed by atoms with van der Waals surface area (Å²) in [6.07, 6.45) is 1.17. The summed E-state index contributed by atoms with van der Waals surface area (Å²) >= 11 is 0. The van der Waals surface area contributed by atoms with Gasteiger partial charge in [0.15, 0.2) is 0 Å². The minimum Gasteiger partial charge on any atom is -0.314 e. The molecule has 1 N–H and O–H groups in total. The van der Waals surface area contributed by atoms with Gasteiger partial charge in [-0.05, 0) is 31.0 Å². The van der Waals surface area contributed by atoms with Gasteiger partial charge in [-0.3, -0.25) is 4.90 Å². The van der Waals surface area contributed by atoms with Gasteiger partial charge in [0.05, 0.1) is 0 Å². The van der Waals surface area contributed by atoms with Crippen LogP contribution < -0.4 is 5.32 Å². The average molecular weight is 296 g/mol. The Kier molecular flexibility index (Phi) is 7.14. The molecule has 0 radical (unpaired) electrons. The summed E-state index contributed by atoms with van der Waals surface area (Å²) in [5.41, 5.74) is 2.77. The summed E-state index contributed by atoms with van der Waals surface area (Å²) in [7, 11) is 0. The molecule has 1 atom stereocenters. The fourth-order valence-corrected chi connectivity index (χ4v) is 2.72. The Bertz CT molecular complexity index is 468. The van der Waals surface area contributed by atoms with Crippen molar-refractivity contribution in [2.75, 3.05) is 13.1 Å². The van der Waals surface area contributed by atoms with Crippen molar-refractivity contribution in [3.8, 4) is 0 Å². The molecule has 0 heterocycles. The van der Waals surface area contributed by atoms with E-state index in [1.807, 2.05) is 0 Å². The predicted molar refractivity (Wildman–Crippen MR) is 94.8 cm³/mol. The van der Waals surface area contributed by atoms with Crippen LogP contribution in [0.3, 0.4) is 0 Å². The zero-order chi connectivity index (χ0) is 15.6. The van der Waals surface area contributed by atoms with Crippen molar-refractivity contribution in [1.82, 2.24) is 10.2 Å². The minimum absolute atomic E-state index is 0.569. The van der Waals surface area contributed by atoms with E-state index >= 15 is 0 Å². The lowest BCUT2D eigenvalue weighted by Crippen LogP contribution is -2.32. The van der Waals surface area contributed by atoms with Crippen LogP contribution in [0.5, 0.6) is 0 Å². The van der Waals surface area contributed by atoms with Crippen molar-refractivity contribution in [2.45, 2.75) is 39.4 Å². The molecule has 0 aromatic heterocycles. The first kappa shape index (κ1) is 16.7. The van der Waals surface area contributed by atoms with E-state index in [-0.39, 0.29) is 0 Å². The largest absolute Gasteiger partial charge is 0.314 e. The molecule has 22 heavy (non-hydrogen) atoms. The summed E-state index contributed by atoms with van der Waals surface area (Å²) < 4.78 is 0. The van der Waals surface area contributed by atoms with E-state index in [1.165, 1.54) is 17.5 Å². The number of benzene rings is 2. The normalized spacial score (nSPS) is 12.5. The highest BCUT2D eigenvalue weighted by Crippen LogP contribution is 2.11. The monoisotopic (exact) mass is 296 g/mol. The summed E-state index contributed by atoms with van der Waals surface area (Å²) in [5, 5.41) is 3.50. The van der Waals surface area contributed by atoms with E-state index in [1.54, 1.807) is 0 Å². The molecule has 0 spiro atoms. The van der Waals surface area contributed by atoms with Crippen LogP contribution in [0, 0.1) is 0 Å². The van der Waals surface area contributed by atoms with E-state index in [4.69, 9.17) is 0 Å². The van der Waals surface area contributed by atoms with E-state index in [2.05, 4.69) is 84.7 Å². The second-order valence-corrected chi connectivity index (χ2v) is 5.93. The Morgan fingerprint density at radius 3 is 1.82 bits per heavy atom. The highest BCUT2D eigenvalue weighted by atomic mass is 15.1. The van der Waals surface area contributed by atoms with Crippen LogP contribution in [-0.2, 0) is 13.1 Å². The van der Waals surface area contributed by atoms with Crippen molar-refractivity contribution < 1.29 is 0 Å². The van der Waals surface area contributed by atoms with Crippen LogP contribution in [0.25, 0.3) is 0 Å². The fourth-order valence-electron chi connectivity index (χ4n) is 2.72. The number of nitrogens with one attached hydrogen (secondary N) is 1. The molecule has 0 fully saturated rings. The third-order valence-electron chi connectivity index (χ3n) is 3.93. The fraction of sp³-hybridized carbons (Fsp3) is 0.400. The van der Waals surface area contributed by atoms with Gasteiger partial charge >= 0.3 is 0 Å². The van der Waals surface area contributed by atoms with Gasteiger partial charge < -0.3 is 5.32 Å². The first-order valence-electron chi connectivity index (χ1n) is 8.31. The van der Waals surface area contributed by atoms with Gasteiger partial charge in [0.25, 0.3) is 0 Å². The maximum Gasteiger partial charge on any atom is 0.0237 e. The van der Waals surface area contributed by atoms with Crippen molar-refractivity contribution >= 4 is 0 Å². The zero-order valence-electron chi connectivity index (χ0n) is 13.8.